The van der Waals surface area contributed by atoms with Gasteiger partial charge < -0.3 is 4.74 Å². The molecule has 11 heteroatoms. The van der Waals surface area contributed by atoms with Crippen molar-refractivity contribution in [2.75, 3.05) is 31.6 Å². The molecule has 0 saturated carbocycles. The zero-order chi connectivity index (χ0) is 21.7. The van der Waals surface area contributed by atoms with Crippen LogP contribution in [0.3, 0.4) is 0 Å². The maximum absolute atomic E-state index is 12.7. The third-order valence-electron chi connectivity index (χ3n) is 4.56. The Hall–Kier alpha value is -2.31. The summed E-state index contributed by atoms with van der Waals surface area (Å²) in [6, 6.07) is 15.9. The number of amides is 1. The van der Waals surface area contributed by atoms with Crippen LogP contribution < -0.4 is 5.32 Å². The number of nitrogens with zero attached hydrogens (tertiary/aromatic N) is 3. The van der Waals surface area contributed by atoms with Gasteiger partial charge in [-0.1, -0.05) is 53.4 Å². The number of morpholine rings is 1. The Morgan fingerprint density at radius 3 is 2.48 bits per heavy atom. The number of benzene rings is 2. The molecule has 8 nitrogen and oxygen atoms in total. The van der Waals surface area contributed by atoms with Gasteiger partial charge in [0.15, 0.2) is 4.34 Å². The Kier molecular flexibility index (Phi) is 6.98. The van der Waals surface area contributed by atoms with Crippen LogP contribution in [0.25, 0.3) is 0 Å². The zero-order valence-corrected chi connectivity index (χ0v) is 18.9. The number of carbonyl (C=O) groups excluding carboxylic acids is 1. The fourth-order valence-corrected chi connectivity index (χ4v) is 6.03. The normalized spacial score (nSPS) is 15.0. The van der Waals surface area contributed by atoms with E-state index in [1.807, 2.05) is 30.3 Å². The first-order valence-corrected chi connectivity index (χ1v) is 12.8. The smallest absolute Gasteiger partial charge is 0.257 e. The summed E-state index contributed by atoms with van der Waals surface area (Å²) in [5, 5.41) is 11.2. The average molecular weight is 477 g/mol. The predicted molar refractivity (Wildman–Crippen MR) is 120 cm³/mol. The van der Waals surface area contributed by atoms with Crippen LogP contribution in [0, 0.1) is 0 Å². The first-order valence-electron chi connectivity index (χ1n) is 9.52. The van der Waals surface area contributed by atoms with Crippen molar-refractivity contribution in [3.63, 3.8) is 0 Å². The summed E-state index contributed by atoms with van der Waals surface area (Å²) in [4.78, 5) is 12.7. The van der Waals surface area contributed by atoms with E-state index in [1.54, 1.807) is 11.8 Å². The standard InChI is InChI=1S/C20H20N4O4S3/c25-18(21-19-22-23-20(30-19)29-14-15-4-2-1-3-5-15)16-6-8-17(9-7-16)31(26,27)24-10-12-28-13-11-24/h1-9H,10-14H2,(H,21,22,25). The number of sulfonamides is 1. The lowest BCUT2D eigenvalue weighted by Crippen LogP contribution is -2.40. The maximum atomic E-state index is 12.7. The number of aromatic nitrogens is 2. The summed E-state index contributed by atoms with van der Waals surface area (Å²) in [6.07, 6.45) is 0. The van der Waals surface area contributed by atoms with Gasteiger partial charge in [-0.05, 0) is 29.8 Å². The third-order valence-corrected chi connectivity index (χ3v) is 8.51. The molecule has 1 amide bonds. The quantitative estimate of drug-likeness (QED) is 0.413. The molecule has 0 unspecified atom stereocenters. The number of hydrogen-bond donors (Lipinski definition) is 1. The highest BCUT2D eigenvalue weighted by Crippen LogP contribution is 2.28. The number of thioether (sulfide) groups is 1. The highest BCUT2D eigenvalue weighted by Gasteiger charge is 2.26. The molecule has 1 saturated heterocycles. The van der Waals surface area contributed by atoms with Gasteiger partial charge in [0.05, 0.1) is 18.1 Å². The monoisotopic (exact) mass is 476 g/mol. The SMILES string of the molecule is O=C(Nc1nnc(SCc2ccccc2)s1)c1ccc(S(=O)(=O)N2CCOCC2)cc1. The van der Waals surface area contributed by atoms with Crippen LogP contribution in [0.4, 0.5) is 5.13 Å². The Labute approximate surface area is 188 Å². The third kappa shape index (κ3) is 5.49. The number of carbonyl (C=O) groups is 1. The Morgan fingerprint density at radius 2 is 1.77 bits per heavy atom. The van der Waals surface area contributed by atoms with Crippen LogP contribution in [-0.4, -0.2) is 55.1 Å². The van der Waals surface area contributed by atoms with Crippen LogP contribution in [0.2, 0.25) is 0 Å². The van der Waals surface area contributed by atoms with Crippen molar-refractivity contribution in [3.8, 4) is 0 Å². The molecule has 0 bridgehead atoms. The fraction of sp³-hybridized carbons (Fsp3) is 0.250. The maximum Gasteiger partial charge on any atom is 0.257 e. The van der Waals surface area contributed by atoms with E-state index in [4.69, 9.17) is 4.74 Å². The first-order chi connectivity index (χ1) is 15.0. The molecule has 1 aromatic heterocycles. The molecule has 3 aromatic rings. The molecule has 0 radical (unpaired) electrons. The second-order valence-corrected chi connectivity index (χ2v) is 10.8. The number of nitrogens with one attached hydrogen (secondary N) is 1. The fourth-order valence-electron chi connectivity index (χ4n) is 2.92. The highest BCUT2D eigenvalue weighted by molar-refractivity contribution is 8.00. The van der Waals surface area contributed by atoms with Gasteiger partial charge in [-0.2, -0.15) is 4.31 Å². The summed E-state index contributed by atoms with van der Waals surface area (Å²) in [5.41, 5.74) is 1.52. The van der Waals surface area contributed by atoms with E-state index >= 15 is 0 Å². The Bertz CT molecular complexity index is 1130. The first kappa shape index (κ1) is 21.9. The second kappa shape index (κ2) is 9.88. The van der Waals surface area contributed by atoms with Gasteiger partial charge >= 0.3 is 0 Å². The van der Waals surface area contributed by atoms with Gasteiger partial charge in [0.25, 0.3) is 5.91 Å². The van der Waals surface area contributed by atoms with Crippen LogP contribution in [0.1, 0.15) is 15.9 Å². The van der Waals surface area contributed by atoms with Crippen LogP contribution >= 0.6 is 23.1 Å². The van der Waals surface area contributed by atoms with Crippen molar-refractivity contribution in [2.45, 2.75) is 15.0 Å². The van der Waals surface area contributed by atoms with Gasteiger partial charge in [0.2, 0.25) is 15.2 Å². The minimum atomic E-state index is -3.59. The lowest BCUT2D eigenvalue weighted by atomic mass is 10.2. The lowest BCUT2D eigenvalue weighted by Gasteiger charge is -2.26. The molecule has 31 heavy (non-hydrogen) atoms. The van der Waals surface area contributed by atoms with E-state index in [0.29, 0.717) is 37.0 Å². The van der Waals surface area contributed by atoms with Crippen molar-refractivity contribution in [2.24, 2.45) is 0 Å². The van der Waals surface area contributed by atoms with Crippen molar-refractivity contribution < 1.29 is 17.9 Å². The number of hydrogen-bond acceptors (Lipinski definition) is 8. The highest BCUT2D eigenvalue weighted by atomic mass is 32.2. The zero-order valence-electron chi connectivity index (χ0n) is 16.4. The van der Waals surface area contributed by atoms with Crippen molar-refractivity contribution in [3.05, 3.63) is 65.7 Å². The number of anilines is 1. The van der Waals surface area contributed by atoms with Gasteiger partial charge in [0, 0.05) is 24.4 Å². The minimum absolute atomic E-state index is 0.154. The molecule has 2 aromatic carbocycles. The summed E-state index contributed by atoms with van der Waals surface area (Å²) in [7, 11) is -3.59. The average Bonchev–Trinajstić information content (AvgIpc) is 3.26. The van der Waals surface area contributed by atoms with E-state index in [-0.39, 0.29) is 10.8 Å². The minimum Gasteiger partial charge on any atom is -0.379 e. The molecule has 1 N–H and O–H groups in total. The summed E-state index contributed by atoms with van der Waals surface area (Å²) in [5.74, 6) is 0.397. The van der Waals surface area contributed by atoms with Crippen molar-refractivity contribution >= 4 is 44.2 Å². The molecular weight excluding hydrogens is 456 g/mol. The molecule has 162 valence electrons. The van der Waals surface area contributed by atoms with E-state index in [1.165, 1.54) is 45.5 Å². The molecule has 1 aliphatic rings. The molecule has 0 atom stereocenters. The van der Waals surface area contributed by atoms with Gasteiger partial charge in [-0.25, -0.2) is 8.42 Å². The molecule has 1 fully saturated rings. The Morgan fingerprint density at radius 1 is 1.06 bits per heavy atom. The molecule has 4 rings (SSSR count). The van der Waals surface area contributed by atoms with E-state index in [2.05, 4.69) is 15.5 Å². The second-order valence-electron chi connectivity index (χ2n) is 6.64. The summed E-state index contributed by atoms with van der Waals surface area (Å²) < 4.78 is 32.7. The topological polar surface area (TPSA) is 101 Å². The molecule has 1 aliphatic heterocycles. The van der Waals surface area contributed by atoms with Crippen LogP contribution in [-0.2, 0) is 20.5 Å². The number of rotatable bonds is 7. The van der Waals surface area contributed by atoms with E-state index in [9.17, 15) is 13.2 Å². The Balaban J connectivity index is 1.36. The molecule has 2 heterocycles. The summed E-state index contributed by atoms with van der Waals surface area (Å²) in [6.45, 7) is 1.42. The molecule has 0 spiro atoms. The largest absolute Gasteiger partial charge is 0.379 e. The van der Waals surface area contributed by atoms with E-state index < -0.39 is 10.0 Å². The number of ether oxygens (including phenoxy) is 1. The summed E-state index contributed by atoms with van der Waals surface area (Å²) >= 11 is 2.84. The van der Waals surface area contributed by atoms with Crippen molar-refractivity contribution in [1.82, 2.24) is 14.5 Å². The molecular formula is C20H20N4O4S3. The molecule has 0 aliphatic carbocycles. The van der Waals surface area contributed by atoms with Gasteiger partial charge in [0.1, 0.15) is 0 Å². The predicted octanol–water partition coefficient (Wildman–Crippen LogP) is 3.10. The van der Waals surface area contributed by atoms with E-state index in [0.717, 1.165) is 10.1 Å². The van der Waals surface area contributed by atoms with Gasteiger partial charge in [-0.15, -0.1) is 10.2 Å². The lowest BCUT2D eigenvalue weighted by molar-refractivity contribution is 0.0730. The van der Waals surface area contributed by atoms with Crippen molar-refractivity contribution in [1.29, 1.82) is 0 Å². The van der Waals surface area contributed by atoms with Gasteiger partial charge in [-0.3, -0.25) is 10.1 Å². The van der Waals surface area contributed by atoms with Crippen LogP contribution in [0.5, 0.6) is 0 Å². The van der Waals surface area contributed by atoms with Crippen LogP contribution in [0.15, 0.2) is 63.8 Å².